The molecule has 0 aromatic carbocycles. The van der Waals surface area contributed by atoms with Crippen molar-refractivity contribution in [1.29, 1.82) is 0 Å². The molecule has 0 saturated heterocycles. The van der Waals surface area contributed by atoms with Crippen molar-refractivity contribution in [3.8, 4) is 0 Å². The van der Waals surface area contributed by atoms with Crippen LogP contribution in [0, 0.1) is 5.92 Å². The monoisotopic (exact) mass is 224 g/mol. The Labute approximate surface area is 101 Å². The highest BCUT2D eigenvalue weighted by Crippen LogP contribution is 2.32. The number of nitrogens with zero attached hydrogens (tertiary/aromatic N) is 1. The summed E-state index contributed by atoms with van der Waals surface area (Å²) in [4.78, 5) is 2.68. The van der Waals surface area contributed by atoms with E-state index in [1.165, 1.54) is 51.5 Å². The van der Waals surface area contributed by atoms with Crippen LogP contribution in [0.5, 0.6) is 0 Å². The molecule has 0 spiro atoms. The van der Waals surface area contributed by atoms with Crippen molar-refractivity contribution in [2.45, 2.75) is 70.4 Å². The Morgan fingerprint density at radius 2 is 1.81 bits per heavy atom. The minimum Gasteiger partial charge on any atom is -0.324 e. The molecule has 0 unspecified atom stereocenters. The van der Waals surface area contributed by atoms with Gasteiger partial charge in [-0.1, -0.05) is 33.1 Å². The molecule has 2 rings (SSSR count). The van der Waals surface area contributed by atoms with Crippen LogP contribution in [0.25, 0.3) is 0 Å². The van der Waals surface area contributed by atoms with E-state index in [2.05, 4.69) is 18.7 Å². The van der Waals surface area contributed by atoms with Gasteiger partial charge in [0.15, 0.2) is 0 Å². The molecule has 0 radical (unpaired) electrons. The van der Waals surface area contributed by atoms with Crippen molar-refractivity contribution in [1.82, 2.24) is 4.90 Å². The van der Waals surface area contributed by atoms with E-state index in [1.807, 2.05) is 0 Å². The molecule has 2 nitrogen and oxygen atoms in total. The van der Waals surface area contributed by atoms with E-state index in [9.17, 15) is 0 Å². The first kappa shape index (κ1) is 12.4. The van der Waals surface area contributed by atoms with Gasteiger partial charge in [0.2, 0.25) is 0 Å². The lowest BCUT2D eigenvalue weighted by molar-refractivity contribution is 0.152. The first-order chi connectivity index (χ1) is 7.59. The van der Waals surface area contributed by atoms with Gasteiger partial charge >= 0.3 is 0 Å². The Morgan fingerprint density at radius 1 is 1.19 bits per heavy atom. The van der Waals surface area contributed by atoms with Crippen LogP contribution in [0.3, 0.4) is 0 Å². The highest BCUT2D eigenvalue weighted by Gasteiger charge is 2.36. The molecule has 0 aromatic rings. The van der Waals surface area contributed by atoms with E-state index >= 15 is 0 Å². The third-order valence-corrected chi connectivity index (χ3v) is 4.03. The summed E-state index contributed by atoms with van der Waals surface area (Å²) in [6.07, 6.45) is 9.38. The molecule has 2 aliphatic carbocycles. The largest absolute Gasteiger partial charge is 0.324 e. The zero-order chi connectivity index (χ0) is 11.6. The molecule has 2 saturated carbocycles. The van der Waals surface area contributed by atoms with Gasteiger partial charge in [0, 0.05) is 24.7 Å². The zero-order valence-corrected chi connectivity index (χ0v) is 11.0. The normalized spacial score (nSPS) is 25.3. The van der Waals surface area contributed by atoms with Crippen LogP contribution in [0.15, 0.2) is 0 Å². The zero-order valence-electron chi connectivity index (χ0n) is 11.0. The molecular formula is C14H28N2. The summed E-state index contributed by atoms with van der Waals surface area (Å²) in [5.41, 5.74) is 6.69. The Balaban J connectivity index is 1.88. The topological polar surface area (TPSA) is 29.3 Å². The quantitative estimate of drug-likeness (QED) is 0.778. The van der Waals surface area contributed by atoms with Gasteiger partial charge in [-0.05, 0) is 31.6 Å². The number of hydrogen-bond acceptors (Lipinski definition) is 2. The molecule has 0 atom stereocenters. The van der Waals surface area contributed by atoms with Gasteiger partial charge in [-0.3, -0.25) is 4.90 Å². The maximum atomic E-state index is 6.56. The summed E-state index contributed by atoms with van der Waals surface area (Å²) in [6, 6.07) is 0.866. The van der Waals surface area contributed by atoms with Gasteiger partial charge in [0.1, 0.15) is 0 Å². The standard InChI is InChI=1S/C14H28N2/c1-12(2)10-16(13-6-7-13)11-14(15)8-4-3-5-9-14/h12-13H,3-11,15H2,1-2H3. The first-order valence-corrected chi connectivity index (χ1v) is 7.12. The summed E-state index contributed by atoms with van der Waals surface area (Å²) in [5.74, 6) is 0.771. The first-order valence-electron chi connectivity index (χ1n) is 7.12. The van der Waals surface area contributed by atoms with Crippen molar-refractivity contribution in [3.05, 3.63) is 0 Å². The Bertz CT molecular complexity index is 215. The minimum atomic E-state index is 0.135. The summed E-state index contributed by atoms with van der Waals surface area (Å²) in [7, 11) is 0. The van der Waals surface area contributed by atoms with E-state index in [-0.39, 0.29) is 5.54 Å². The molecule has 0 bridgehead atoms. The average molecular weight is 224 g/mol. The minimum absolute atomic E-state index is 0.135. The van der Waals surface area contributed by atoms with Gasteiger partial charge < -0.3 is 5.73 Å². The Hall–Kier alpha value is -0.0800. The fourth-order valence-electron chi connectivity index (χ4n) is 3.07. The molecule has 0 aliphatic heterocycles. The molecule has 0 aromatic heterocycles. The van der Waals surface area contributed by atoms with E-state index in [0.29, 0.717) is 0 Å². The third kappa shape index (κ3) is 3.46. The van der Waals surface area contributed by atoms with Crippen molar-refractivity contribution in [3.63, 3.8) is 0 Å². The summed E-state index contributed by atoms with van der Waals surface area (Å²) < 4.78 is 0. The van der Waals surface area contributed by atoms with Gasteiger partial charge in [-0.2, -0.15) is 0 Å². The van der Waals surface area contributed by atoms with Crippen LogP contribution >= 0.6 is 0 Å². The van der Waals surface area contributed by atoms with Crippen LogP contribution < -0.4 is 5.73 Å². The van der Waals surface area contributed by atoms with Crippen molar-refractivity contribution < 1.29 is 0 Å². The van der Waals surface area contributed by atoms with E-state index in [4.69, 9.17) is 5.73 Å². The third-order valence-electron chi connectivity index (χ3n) is 4.03. The van der Waals surface area contributed by atoms with E-state index < -0.39 is 0 Å². The fraction of sp³-hybridized carbons (Fsp3) is 1.00. The lowest BCUT2D eigenvalue weighted by Crippen LogP contribution is -2.52. The fourth-order valence-corrected chi connectivity index (χ4v) is 3.07. The van der Waals surface area contributed by atoms with Crippen LogP contribution in [0.4, 0.5) is 0 Å². The molecule has 2 aliphatic rings. The molecule has 16 heavy (non-hydrogen) atoms. The Kier molecular flexibility index (Phi) is 3.91. The predicted molar refractivity (Wildman–Crippen MR) is 69.4 cm³/mol. The van der Waals surface area contributed by atoms with Crippen molar-refractivity contribution >= 4 is 0 Å². The van der Waals surface area contributed by atoms with Gasteiger partial charge in [0.05, 0.1) is 0 Å². The summed E-state index contributed by atoms with van der Waals surface area (Å²) in [5, 5.41) is 0. The van der Waals surface area contributed by atoms with Crippen molar-refractivity contribution in [2.75, 3.05) is 13.1 Å². The van der Waals surface area contributed by atoms with E-state index in [0.717, 1.165) is 18.5 Å². The molecule has 2 fully saturated rings. The van der Waals surface area contributed by atoms with Gasteiger partial charge in [-0.15, -0.1) is 0 Å². The smallest absolute Gasteiger partial charge is 0.0283 e. The molecule has 2 heteroatoms. The van der Waals surface area contributed by atoms with Gasteiger partial charge in [-0.25, -0.2) is 0 Å². The van der Waals surface area contributed by atoms with Crippen LogP contribution in [0.2, 0.25) is 0 Å². The second-order valence-corrected chi connectivity index (χ2v) is 6.48. The summed E-state index contributed by atoms with van der Waals surface area (Å²) in [6.45, 7) is 7.03. The maximum absolute atomic E-state index is 6.56. The highest BCUT2D eigenvalue weighted by atomic mass is 15.2. The second-order valence-electron chi connectivity index (χ2n) is 6.48. The SMILES string of the molecule is CC(C)CN(CC1(N)CCCCC1)C1CC1. The van der Waals surface area contributed by atoms with Crippen LogP contribution in [-0.4, -0.2) is 29.6 Å². The maximum Gasteiger partial charge on any atom is 0.0283 e. The lowest BCUT2D eigenvalue weighted by atomic mass is 9.82. The van der Waals surface area contributed by atoms with Crippen molar-refractivity contribution in [2.24, 2.45) is 11.7 Å². The highest BCUT2D eigenvalue weighted by molar-refractivity contribution is 4.95. The predicted octanol–water partition coefficient (Wildman–Crippen LogP) is 2.77. The summed E-state index contributed by atoms with van der Waals surface area (Å²) >= 11 is 0. The van der Waals surface area contributed by atoms with Crippen LogP contribution in [0.1, 0.15) is 58.8 Å². The van der Waals surface area contributed by atoms with Gasteiger partial charge in [0.25, 0.3) is 0 Å². The molecular weight excluding hydrogens is 196 g/mol. The van der Waals surface area contributed by atoms with Crippen LogP contribution in [-0.2, 0) is 0 Å². The number of nitrogens with two attached hydrogens (primary N) is 1. The second kappa shape index (κ2) is 5.05. The molecule has 2 N–H and O–H groups in total. The number of rotatable bonds is 5. The number of hydrogen-bond donors (Lipinski definition) is 1. The molecule has 0 heterocycles. The molecule has 94 valence electrons. The lowest BCUT2D eigenvalue weighted by Gasteiger charge is -2.39. The average Bonchev–Trinajstić information content (AvgIpc) is 2.99. The van der Waals surface area contributed by atoms with E-state index in [1.54, 1.807) is 0 Å². The molecule has 0 amide bonds. The Morgan fingerprint density at radius 3 is 2.31 bits per heavy atom.